The van der Waals surface area contributed by atoms with Crippen LogP contribution in [0.15, 0.2) is 36.5 Å². The van der Waals surface area contributed by atoms with Crippen molar-refractivity contribution in [1.29, 1.82) is 0 Å². The van der Waals surface area contributed by atoms with Gasteiger partial charge >= 0.3 is 0 Å². The van der Waals surface area contributed by atoms with Gasteiger partial charge in [0.05, 0.1) is 0 Å². The molecule has 0 N–H and O–H groups in total. The monoisotopic (exact) mass is 245 g/mol. The van der Waals surface area contributed by atoms with Crippen LogP contribution in [-0.4, -0.2) is 11.3 Å². The second-order valence-corrected chi connectivity index (χ2v) is 3.77. The molecule has 2 aromatic rings. The van der Waals surface area contributed by atoms with Gasteiger partial charge in [0.15, 0.2) is 11.6 Å². The van der Waals surface area contributed by atoms with Crippen LogP contribution < -0.4 is 4.74 Å². The summed E-state index contributed by atoms with van der Waals surface area (Å²) in [6, 6.07) is 7.79. The van der Waals surface area contributed by atoms with Crippen LogP contribution >= 0.6 is 0 Å². The summed E-state index contributed by atoms with van der Waals surface area (Å²) in [4.78, 5) is 14.5. The SMILES string of the molecule is CCc1ccc(Oc2cc(C=O)ccn2)c(F)c1. The lowest BCUT2D eigenvalue weighted by Gasteiger charge is -2.07. The van der Waals surface area contributed by atoms with Crippen molar-refractivity contribution in [3.05, 3.63) is 53.5 Å². The van der Waals surface area contributed by atoms with Crippen LogP contribution in [0, 0.1) is 5.82 Å². The van der Waals surface area contributed by atoms with Crippen LogP contribution in [0.3, 0.4) is 0 Å². The molecule has 0 aliphatic rings. The van der Waals surface area contributed by atoms with Gasteiger partial charge in [-0.2, -0.15) is 0 Å². The maximum absolute atomic E-state index is 13.7. The number of pyridine rings is 1. The first kappa shape index (κ1) is 12.2. The van der Waals surface area contributed by atoms with Crippen molar-refractivity contribution in [2.24, 2.45) is 0 Å². The fourth-order valence-corrected chi connectivity index (χ4v) is 1.51. The molecule has 0 fully saturated rings. The maximum Gasteiger partial charge on any atom is 0.220 e. The first-order valence-electron chi connectivity index (χ1n) is 5.60. The van der Waals surface area contributed by atoms with E-state index in [9.17, 15) is 9.18 Å². The topological polar surface area (TPSA) is 39.2 Å². The van der Waals surface area contributed by atoms with Crippen molar-refractivity contribution in [3.63, 3.8) is 0 Å². The highest BCUT2D eigenvalue weighted by molar-refractivity contribution is 5.74. The number of benzene rings is 1. The van der Waals surface area contributed by atoms with Gasteiger partial charge in [0, 0.05) is 17.8 Å². The zero-order chi connectivity index (χ0) is 13.0. The Hall–Kier alpha value is -2.23. The Morgan fingerprint density at radius 3 is 2.83 bits per heavy atom. The van der Waals surface area contributed by atoms with Gasteiger partial charge in [-0.1, -0.05) is 13.0 Å². The van der Waals surface area contributed by atoms with E-state index >= 15 is 0 Å². The first-order chi connectivity index (χ1) is 8.72. The van der Waals surface area contributed by atoms with Crippen molar-refractivity contribution < 1.29 is 13.9 Å². The summed E-state index contributed by atoms with van der Waals surface area (Å²) in [5.41, 5.74) is 1.33. The van der Waals surface area contributed by atoms with E-state index in [2.05, 4.69) is 4.98 Å². The van der Waals surface area contributed by atoms with Gasteiger partial charge in [0.25, 0.3) is 0 Å². The van der Waals surface area contributed by atoms with Crippen LogP contribution in [0.2, 0.25) is 0 Å². The van der Waals surface area contributed by atoms with Crippen LogP contribution in [0.25, 0.3) is 0 Å². The van der Waals surface area contributed by atoms with E-state index in [0.29, 0.717) is 11.8 Å². The van der Waals surface area contributed by atoms with Crippen molar-refractivity contribution in [3.8, 4) is 11.6 Å². The fourth-order valence-electron chi connectivity index (χ4n) is 1.51. The lowest BCUT2D eigenvalue weighted by atomic mass is 10.1. The van der Waals surface area contributed by atoms with Gasteiger partial charge in [0.2, 0.25) is 5.88 Å². The van der Waals surface area contributed by atoms with Crippen molar-refractivity contribution in [1.82, 2.24) is 4.98 Å². The van der Waals surface area contributed by atoms with Gasteiger partial charge in [-0.25, -0.2) is 9.37 Å². The minimum absolute atomic E-state index is 0.0998. The third-order valence-electron chi connectivity index (χ3n) is 2.51. The summed E-state index contributed by atoms with van der Waals surface area (Å²) >= 11 is 0. The summed E-state index contributed by atoms with van der Waals surface area (Å²) < 4.78 is 19.0. The smallest absolute Gasteiger partial charge is 0.220 e. The number of nitrogens with zero attached hydrogens (tertiary/aromatic N) is 1. The number of carbonyl (C=O) groups excluding carboxylic acids is 1. The molecule has 0 saturated heterocycles. The minimum atomic E-state index is -0.437. The number of hydrogen-bond acceptors (Lipinski definition) is 3. The van der Waals surface area contributed by atoms with E-state index in [1.165, 1.54) is 18.3 Å². The minimum Gasteiger partial charge on any atom is -0.436 e. The zero-order valence-corrected chi connectivity index (χ0v) is 9.89. The molecule has 0 bridgehead atoms. The molecule has 0 amide bonds. The van der Waals surface area contributed by atoms with E-state index in [0.717, 1.165) is 12.0 Å². The lowest BCUT2D eigenvalue weighted by Crippen LogP contribution is -1.93. The van der Waals surface area contributed by atoms with Gasteiger partial charge < -0.3 is 4.74 Å². The molecule has 2 rings (SSSR count). The standard InChI is InChI=1S/C14H12FNO2/c1-2-10-3-4-13(12(15)7-10)18-14-8-11(9-17)5-6-16-14/h3-9H,2H2,1H3. The summed E-state index contributed by atoms with van der Waals surface area (Å²) in [5.74, 6) is -0.141. The third-order valence-corrected chi connectivity index (χ3v) is 2.51. The van der Waals surface area contributed by atoms with Crippen LogP contribution in [0.1, 0.15) is 22.8 Å². The Kier molecular flexibility index (Phi) is 3.67. The first-order valence-corrected chi connectivity index (χ1v) is 5.60. The molecule has 0 spiro atoms. The average Bonchev–Trinajstić information content (AvgIpc) is 2.41. The van der Waals surface area contributed by atoms with E-state index in [1.807, 2.05) is 6.92 Å². The maximum atomic E-state index is 13.7. The summed E-state index contributed by atoms with van der Waals surface area (Å²) in [5, 5.41) is 0. The Bertz CT molecular complexity index is 569. The number of hydrogen-bond donors (Lipinski definition) is 0. The van der Waals surface area contributed by atoms with E-state index in [-0.39, 0.29) is 11.6 Å². The van der Waals surface area contributed by atoms with Crippen LogP contribution in [0.5, 0.6) is 11.6 Å². The number of aryl methyl sites for hydroxylation is 1. The molecule has 1 heterocycles. The molecule has 18 heavy (non-hydrogen) atoms. The molecule has 0 atom stereocenters. The quantitative estimate of drug-likeness (QED) is 0.775. The van der Waals surface area contributed by atoms with Crippen molar-refractivity contribution in [2.75, 3.05) is 0 Å². The Balaban J connectivity index is 2.25. The van der Waals surface area contributed by atoms with Gasteiger partial charge in [-0.3, -0.25) is 4.79 Å². The van der Waals surface area contributed by atoms with E-state index in [1.54, 1.807) is 18.2 Å². The zero-order valence-electron chi connectivity index (χ0n) is 9.89. The molecule has 0 saturated carbocycles. The number of carbonyl (C=O) groups is 1. The number of aldehydes is 1. The molecule has 4 heteroatoms. The fraction of sp³-hybridized carbons (Fsp3) is 0.143. The highest BCUT2D eigenvalue weighted by Gasteiger charge is 2.06. The second kappa shape index (κ2) is 5.40. The predicted molar refractivity (Wildman–Crippen MR) is 65.5 cm³/mol. The highest BCUT2D eigenvalue weighted by Crippen LogP contribution is 2.24. The Morgan fingerprint density at radius 2 is 2.17 bits per heavy atom. The van der Waals surface area contributed by atoms with E-state index in [4.69, 9.17) is 4.74 Å². The molecule has 3 nitrogen and oxygen atoms in total. The molecule has 0 aliphatic carbocycles. The average molecular weight is 245 g/mol. The van der Waals surface area contributed by atoms with Gasteiger partial charge in [-0.05, 0) is 30.2 Å². The highest BCUT2D eigenvalue weighted by atomic mass is 19.1. The van der Waals surface area contributed by atoms with E-state index < -0.39 is 5.82 Å². The molecule has 92 valence electrons. The molecular formula is C14H12FNO2. The number of aromatic nitrogens is 1. The third kappa shape index (κ3) is 2.71. The number of rotatable bonds is 4. The predicted octanol–water partition coefficient (Wildman–Crippen LogP) is 3.39. The summed E-state index contributed by atoms with van der Waals surface area (Å²) in [6.45, 7) is 1.95. The largest absolute Gasteiger partial charge is 0.436 e. The van der Waals surface area contributed by atoms with Crippen LogP contribution in [0.4, 0.5) is 4.39 Å². The van der Waals surface area contributed by atoms with Crippen LogP contribution in [-0.2, 0) is 6.42 Å². The van der Waals surface area contributed by atoms with Gasteiger partial charge in [0.1, 0.15) is 6.29 Å². The number of ether oxygens (including phenoxy) is 1. The van der Waals surface area contributed by atoms with Crippen molar-refractivity contribution >= 4 is 6.29 Å². The molecule has 0 aliphatic heterocycles. The lowest BCUT2D eigenvalue weighted by molar-refractivity contribution is 0.112. The Labute approximate surface area is 104 Å². The molecule has 0 unspecified atom stereocenters. The van der Waals surface area contributed by atoms with Gasteiger partial charge in [-0.15, -0.1) is 0 Å². The summed E-state index contributed by atoms with van der Waals surface area (Å²) in [7, 11) is 0. The molecule has 0 radical (unpaired) electrons. The Morgan fingerprint density at radius 1 is 1.33 bits per heavy atom. The summed E-state index contributed by atoms with van der Waals surface area (Å²) in [6.07, 6.45) is 2.89. The normalized spacial score (nSPS) is 10.1. The molecule has 1 aromatic heterocycles. The molecule has 1 aromatic carbocycles. The van der Waals surface area contributed by atoms with Crippen molar-refractivity contribution in [2.45, 2.75) is 13.3 Å². The molecular weight excluding hydrogens is 233 g/mol. The number of halogens is 1. The second-order valence-electron chi connectivity index (χ2n) is 3.77.